The topological polar surface area (TPSA) is 58.6 Å². The monoisotopic (exact) mass is 251 g/mol. The maximum atomic E-state index is 11.6. The molecule has 0 aliphatic heterocycles. The lowest BCUT2D eigenvalue weighted by atomic mass is 10.1. The van der Waals surface area contributed by atoms with E-state index in [2.05, 4.69) is 5.32 Å². The van der Waals surface area contributed by atoms with Crippen LogP contribution in [-0.4, -0.2) is 37.4 Å². The minimum absolute atomic E-state index is 0.0398. The second-order valence-electron chi connectivity index (χ2n) is 4.23. The Morgan fingerprint density at radius 2 is 2.11 bits per heavy atom. The lowest BCUT2D eigenvalue weighted by Crippen LogP contribution is -2.39. The van der Waals surface area contributed by atoms with E-state index in [4.69, 9.17) is 4.74 Å². The van der Waals surface area contributed by atoms with Crippen molar-refractivity contribution in [2.75, 3.05) is 20.3 Å². The van der Waals surface area contributed by atoms with Crippen LogP contribution in [0.15, 0.2) is 30.3 Å². The molecule has 0 radical (unpaired) electrons. The summed E-state index contributed by atoms with van der Waals surface area (Å²) in [6.45, 7) is 0.529. The Morgan fingerprint density at radius 3 is 2.72 bits per heavy atom. The maximum absolute atomic E-state index is 11.6. The second kappa shape index (κ2) is 8.66. The number of ether oxygens (including phenoxy) is 1. The fraction of sp³-hybridized carbons (Fsp3) is 0.500. The molecule has 1 aromatic carbocycles. The quantitative estimate of drug-likeness (QED) is 0.681. The van der Waals surface area contributed by atoms with Crippen LogP contribution < -0.4 is 5.32 Å². The fourth-order valence-corrected chi connectivity index (χ4v) is 1.74. The van der Waals surface area contributed by atoms with Crippen molar-refractivity contribution < 1.29 is 14.6 Å². The Kier molecular flexibility index (Phi) is 7.06. The van der Waals surface area contributed by atoms with Crippen LogP contribution in [0.25, 0.3) is 0 Å². The van der Waals surface area contributed by atoms with Crippen molar-refractivity contribution in [2.24, 2.45) is 0 Å². The first-order chi connectivity index (χ1) is 8.76. The van der Waals surface area contributed by atoms with Gasteiger partial charge in [0.05, 0.1) is 12.6 Å². The molecule has 0 heterocycles. The van der Waals surface area contributed by atoms with Crippen LogP contribution in [0.4, 0.5) is 0 Å². The number of nitrogens with one attached hydrogen (secondary N) is 1. The molecule has 0 aliphatic carbocycles. The number of amides is 1. The first-order valence-corrected chi connectivity index (χ1v) is 6.19. The van der Waals surface area contributed by atoms with Crippen LogP contribution in [0, 0.1) is 0 Å². The molecule has 1 rings (SSSR count). The van der Waals surface area contributed by atoms with Gasteiger partial charge in [0.1, 0.15) is 0 Å². The van der Waals surface area contributed by atoms with E-state index < -0.39 is 0 Å². The van der Waals surface area contributed by atoms with Crippen LogP contribution in [0.2, 0.25) is 0 Å². The first-order valence-electron chi connectivity index (χ1n) is 6.19. The number of methoxy groups -OCH3 is 1. The van der Waals surface area contributed by atoms with Gasteiger partial charge in [0.25, 0.3) is 0 Å². The van der Waals surface area contributed by atoms with Crippen molar-refractivity contribution in [3.63, 3.8) is 0 Å². The van der Waals surface area contributed by atoms with E-state index in [-0.39, 0.29) is 18.6 Å². The Labute approximate surface area is 108 Å². The molecule has 100 valence electrons. The molecule has 0 saturated heterocycles. The van der Waals surface area contributed by atoms with Crippen LogP contribution >= 0.6 is 0 Å². The number of aliphatic hydroxyl groups is 1. The van der Waals surface area contributed by atoms with Crippen molar-refractivity contribution in [3.05, 3.63) is 35.9 Å². The molecule has 2 N–H and O–H groups in total. The molecule has 1 atom stereocenters. The molecule has 4 heteroatoms. The summed E-state index contributed by atoms with van der Waals surface area (Å²) in [5, 5.41) is 12.1. The van der Waals surface area contributed by atoms with Crippen LogP contribution in [-0.2, 0) is 16.0 Å². The van der Waals surface area contributed by atoms with E-state index in [0.29, 0.717) is 25.9 Å². The van der Waals surface area contributed by atoms with Gasteiger partial charge in [-0.15, -0.1) is 0 Å². The van der Waals surface area contributed by atoms with Crippen LogP contribution in [0.3, 0.4) is 0 Å². The third kappa shape index (κ3) is 5.80. The van der Waals surface area contributed by atoms with Crippen molar-refractivity contribution in [1.29, 1.82) is 0 Å². The van der Waals surface area contributed by atoms with Crippen LogP contribution in [0.1, 0.15) is 18.4 Å². The van der Waals surface area contributed by atoms with Crippen LogP contribution in [0.5, 0.6) is 0 Å². The lowest BCUT2D eigenvalue weighted by Gasteiger charge is -2.16. The highest BCUT2D eigenvalue weighted by atomic mass is 16.5. The zero-order valence-electron chi connectivity index (χ0n) is 10.8. The summed E-state index contributed by atoms with van der Waals surface area (Å²) in [7, 11) is 1.61. The predicted molar refractivity (Wildman–Crippen MR) is 70.3 cm³/mol. The van der Waals surface area contributed by atoms with Gasteiger partial charge >= 0.3 is 0 Å². The van der Waals surface area contributed by atoms with Crippen molar-refractivity contribution in [3.8, 4) is 0 Å². The maximum Gasteiger partial charge on any atom is 0.220 e. The molecule has 0 bridgehead atoms. The number of rotatable bonds is 8. The molecule has 0 spiro atoms. The number of hydrogen-bond donors (Lipinski definition) is 2. The molecule has 0 aliphatic rings. The van der Waals surface area contributed by atoms with Gasteiger partial charge in [-0.1, -0.05) is 30.3 Å². The summed E-state index contributed by atoms with van der Waals surface area (Å²) in [5.74, 6) is -0.0398. The van der Waals surface area contributed by atoms with Gasteiger partial charge in [-0.2, -0.15) is 0 Å². The molecule has 0 aromatic heterocycles. The molecular weight excluding hydrogens is 230 g/mol. The number of carbonyl (C=O) groups excluding carboxylic acids is 1. The Bertz CT molecular complexity index is 340. The van der Waals surface area contributed by atoms with E-state index >= 15 is 0 Å². The minimum Gasteiger partial charge on any atom is -0.394 e. The van der Waals surface area contributed by atoms with Gasteiger partial charge in [-0.25, -0.2) is 0 Å². The number of aliphatic hydroxyl groups excluding tert-OH is 1. The highest BCUT2D eigenvalue weighted by Gasteiger charge is 2.11. The first kappa shape index (κ1) is 14.7. The molecular formula is C14H21NO3. The molecule has 4 nitrogen and oxygen atoms in total. The highest BCUT2D eigenvalue weighted by Crippen LogP contribution is 2.03. The largest absolute Gasteiger partial charge is 0.394 e. The Hall–Kier alpha value is -1.39. The smallest absolute Gasteiger partial charge is 0.220 e. The van der Waals surface area contributed by atoms with Gasteiger partial charge < -0.3 is 15.2 Å². The van der Waals surface area contributed by atoms with E-state index in [0.717, 1.165) is 5.56 Å². The third-order valence-corrected chi connectivity index (χ3v) is 2.66. The zero-order valence-corrected chi connectivity index (χ0v) is 10.8. The van der Waals surface area contributed by atoms with Gasteiger partial charge in [0.15, 0.2) is 0 Å². The third-order valence-electron chi connectivity index (χ3n) is 2.66. The average Bonchev–Trinajstić information content (AvgIpc) is 2.39. The molecule has 0 unspecified atom stereocenters. The number of benzene rings is 1. The summed E-state index contributed by atoms with van der Waals surface area (Å²) in [6.07, 6.45) is 1.78. The number of hydrogen-bond acceptors (Lipinski definition) is 3. The number of carbonyl (C=O) groups is 1. The lowest BCUT2D eigenvalue weighted by molar-refractivity contribution is -0.122. The van der Waals surface area contributed by atoms with Gasteiger partial charge in [0.2, 0.25) is 5.91 Å². The Morgan fingerprint density at radius 1 is 1.39 bits per heavy atom. The van der Waals surface area contributed by atoms with E-state index in [1.165, 1.54) is 0 Å². The summed E-state index contributed by atoms with van der Waals surface area (Å²) in [6, 6.07) is 9.59. The minimum atomic E-state index is -0.220. The van der Waals surface area contributed by atoms with E-state index in [1.807, 2.05) is 30.3 Å². The molecule has 1 aromatic rings. The molecule has 0 fully saturated rings. The van der Waals surface area contributed by atoms with Crippen molar-refractivity contribution in [1.82, 2.24) is 5.32 Å². The molecule has 0 saturated carbocycles. The SMILES string of the molecule is COCCCC(=O)N[C@H](CO)Cc1ccccc1. The summed E-state index contributed by atoms with van der Waals surface area (Å²) in [4.78, 5) is 11.6. The van der Waals surface area contributed by atoms with Crippen molar-refractivity contribution in [2.45, 2.75) is 25.3 Å². The van der Waals surface area contributed by atoms with Gasteiger partial charge in [-0.05, 0) is 18.4 Å². The zero-order chi connectivity index (χ0) is 13.2. The molecule has 18 heavy (non-hydrogen) atoms. The van der Waals surface area contributed by atoms with E-state index in [1.54, 1.807) is 7.11 Å². The highest BCUT2D eigenvalue weighted by molar-refractivity contribution is 5.76. The molecule has 1 amide bonds. The summed E-state index contributed by atoms with van der Waals surface area (Å²) in [5.41, 5.74) is 1.11. The van der Waals surface area contributed by atoms with E-state index in [9.17, 15) is 9.90 Å². The normalized spacial score (nSPS) is 12.1. The standard InChI is InChI=1S/C14H21NO3/c1-18-9-5-8-14(17)15-13(11-16)10-12-6-3-2-4-7-12/h2-4,6-7,13,16H,5,8-11H2,1H3,(H,15,17)/t13-/m0/s1. The van der Waals surface area contributed by atoms with Gasteiger partial charge in [-0.3, -0.25) is 4.79 Å². The summed E-state index contributed by atoms with van der Waals surface area (Å²) < 4.78 is 4.89. The fourth-order valence-electron chi connectivity index (χ4n) is 1.74. The van der Waals surface area contributed by atoms with Gasteiger partial charge in [0, 0.05) is 20.1 Å². The average molecular weight is 251 g/mol. The Balaban J connectivity index is 2.35. The van der Waals surface area contributed by atoms with Crippen molar-refractivity contribution >= 4 is 5.91 Å². The predicted octanol–water partition coefficient (Wildman–Crippen LogP) is 1.13. The summed E-state index contributed by atoms with van der Waals surface area (Å²) >= 11 is 0. The second-order valence-corrected chi connectivity index (χ2v) is 4.23.